The second kappa shape index (κ2) is 5.01. The van der Waals surface area contributed by atoms with Crippen molar-refractivity contribution in [1.82, 2.24) is 19.5 Å². The van der Waals surface area contributed by atoms with Crippen LogP contribution < -0.4 is 5.49 Å². The third kappa shape index (κ3) is 2.16. The minimum Gasteiger partial charge on any atom is -0.397 e. The Labute approximate surface area is 103 Å². The lowest BCUT2D eigenvalue weighted by molar-refractivity contribution is 0.199. The highest BCUT2D eigenvalue weighted by Crippen LogP contribution is 2.20. The highest BCUT2D eigenvalue weighted by molar-refractivity contribution is 6.19. The van der Waals surface area contributed by atoms with Gasteiger partial charge in [0, 0.05) is 0 Å². The fourth-order valence-electron chi connectivity index (χ4n) is 1.50. The second-order valence-corrected chi connectivity index (χ2v) is 3.81. The van der Waals surface area contributed by atoms with Crippen LogP contribution in [-0.2, 0) is 4.84 Å². The predicted molar refractivity (Wildman–Crippen MR) is 64.2 cm³/mol. The molecule has 90 valence electrons. The van der Waals surface area contributed by atoms with Crippen LogP contribution in [0.2, 0.25) is 0 Å². The molecule has 2 heterocycles. The van der Waals surface area contributed by atoms with Crippen LogP contribution in [0.15, 0.2) is 30.5 Å². The van der Waals surface area contributed by atoms with Gasteiger partial charge in [-0.2, -0.15) is 0 Å². The number of halogens is 1. The first-order chi connectivity index (χ1) is 8.27. The van der Waals surface area contributed by atoms with E-state index in [4.69, 9.17) is 16.4 Å². The number of H-pyrrole nitrogens is 1. The Morgan fingerprint density at radius 2 is 2.53 bits per heavy atom. The number of hydrogen-bond acceptors (Lipinski definition) is 4. The van der Waals surface area contributed by atoms with Crippen molar-refractivity contribution in [3.05, 3.63) is 30.8 Å². The number of alkyl halides is 1. The van der Waals surface area contributed by atoms with Crippen molar-refractivity contribution in [3.8, 4) is 0 Å². The van der Waals surface area contributed by atoms with E-state index in [1.54, 1.807) is 17.0 Å². The highest BCUT2D eigenvalue weighted by Gasteiger charge is 2.11. The third-order valence-electron chi connectivity index (χ3n) is 2.23. The number of hydrogen-bond donors (Lipinski definition) is 1. The van der Waals surface area contributed by atoms with Gasteiger partial charge < -0.3 is 9.82 Å². The van der Waals surface area contributed by atoms with Crippen LogP contribution in [0.25, 0.3) is 11.2 Å². The number of nitrogens with zero attached hydrogens (tertiary/aromatic N) is 4. The average molecular weight is 254 g/mol. The van der Waals surface area contributed by atoms with Gasteiger partial charge in [0.2, 0.25) is 5.49 Å². The number of rotatable bonds is 4. The number of allylic oxidation sites excluding steroid dienone is 1. The molecule has 6 nitrogen and oxygen atoms in total. The molecule has 1 N–H and O–H groups in total. The fraction of sp³-hybridized carbons (Fsp3) is 0.300. The molecule has 2 aromatic heterocycles. The molecule has 0 saturated heterocycles. The third-order valence-corrected chi connectivity index (χ3v) is 2.62. The molecule has 0 saturated carbocycles. The maximum Gasteiger partial charge on any atom is 0.222 e. The zero-order valence-corrected chi connectivity index (χ0v) is 10.1. The number of aromatic nitrogens is 4. The molecular formula is C10H12ClN5O. The summed E-state index contributed by atoms with van der Waals surface area (Å²) in [5.74, 6) is 0. The zero-order chi connectivity index (χ0) is 12.3. The first kappa shape index (κ1) is 11.7. The van der Waals surface area contributed by atoms with E-state index in [0.29, 0.717) is 17.4 Å². The molecule has 0 radical (unpaired) electrons. The Hall–Kier alpha value is -1.82. The Bertz CT molecular complexity index is 588. The average Bonchev–Trinajstić information content (AvgIpc) is 2.74. The largest absolute Gasteiger partial charge is 0.397 e. The topological polar surface area (TPSA) is 68.1 Å². The van der Waals surface area contributed by atoms with Gasteiger partial charge in [-0.15, -0.1) is 6.58 Å². The van der Waals surface area contributed by atoms with Crippen LogP contribution in [-0.4, -0.2) is 26.6 Å². The quantitative estimate of drug-likeness (QED) is 0.510. The number of nitrogens with one attached hydrogen (secondary N) is 1. The summed E-state index contributed by atoms with van der Waals surface area (Å²) in [7, 11) is 1.46. The SMILES string of the molecule is C=CCC(Cl)n1cnc2/c(=N/OC)nc[nH]c21. The van der Waals surface area contributed by atoms with E-state index in [1.807, 2.05) is 0 Å². The second-order valence-electron chi connectivity index (χ2n) is 3.31. The molecule has 17 heavy (non-hydrogen) atoms. The maximum atomic E-state index is 6.21. The Balaban J connectivity index is 2.58. The van der Waals surface area contributed by atoms with E-state index >= 15 is 0 Å². The standard InChI is InChI=1S/C10H12ClN5O/c1-3-4-7(11)16-6-14-8-9(15-17-2)12-5-13-10(8)16/h3,5-7H,1,4H2,2H3,(H,12,13,15). The van der Waals surface area contributed by atoms with E-state index in [-0.39, 0.29) is 5.50 Å². The van der Waals surface area contributed by atoms with Gasteiger partial charge in [0.05, 0.1) is 12.7 Å². The molecule has 0 aliphatic rings. The van der Waals surface area contributed by atoms with Crippen molar-refractivity contribution in [3.63, 3.8) is 0 Å². The maximum absolute atomic E-state index is 6.21. The fourth-order valence-corrected chi connectivity index (χ4v) is 1.77. The van der Waals surface area contributed by atoms with Gasteiger partial charge in [0.25, 0.3) is 0 Å². The van der Waals surface area contributed by atoms with E-state index < -0.39 is 0 Å². The van der Waals surface area contributed by atoms with Gasteiger partial charge >= 0.3 is 0 Å². The van der Waals surface area contributed by atoms with Gasteiger partial charge in [-0.1, -0.05) is 22.8 Å². The lowest BCUT2D eigenvalue weighted by Crippen LogP contribution is -2.11. The minimum absolute atomic E-state index is 0.244. The molecule has 0 aliphatic carbocycles. The number of imidazole rings is 1. The van der Waals surface area contributed by atoms with Crippen LogP contribution in [0.5, 0.6) is 0 Å². The molecule has 0 bridgehead atoms. The van der Waals surface area contributed by atoms with E-state index in [0.717, 1.165) is 5.65 Å². The summed E-state index contributed by atoms with van der Waals surface area (Å²) in [5.41, 5.74) is 1.54. The zero-order valence-electron chi connectivity index (χ0n) is 9.30. The summed E-state index contributed by atoms with van der Waals surface area (Å²) in [4.78, 5) is 15.9. The minimum atomic E-state index is -0.244. The van der Waals surface area contributed by atoms with Crippen molar-refractivity contribution >= 4 is 22.8 Å². The van der Waals surface area contributed by atoms with Gasteiger partial charge in [0.1, 0.15) is 18.3 Å². The van der Waals surface area contributed by atoms with Crippen LogP contribution in [0, 0.1) is 0 Å². The molecule has 0 amide bonds. The van der Waals surface area contributed by atoms with Crippen LogP contribution in [0.1, 0.15) is 11.9 Å². The Morgan fingerprint density at radius 3 is 3.24 bits per heavy atom. The smallest absolute Gasteiger partial charge is 0.222 e. The van der Waals surface area contributed by atoms with Crippen molar-refractivity contribution < 1.29 is 4.84 Å². The Morgan fingerprint density at radius 1 is 1.71 bits per heavy atom. The molecule has 0 aromatic carbocycles. The van der Waals surface area contributed by atoms with E-state index in [2.05, 4.69) is 26.7 Å². The molecule has 2 aromatic rings. The number of aromatic amines is 1. The summed E-state index contributed by atoms with van der Waals surface area (Å²) in [6, 6.07) is 0. The van der Waals surface area contributed by atoms with Gasteiger partial charge in [-0.05, 0) is 6.42 Å². The lowest BCUT2D eigenvalue weighted by Gasteiger charge is -2.08. The van der Waals surface area contributed by atoms with E-state index in [1.165, 1.54) is 13.4 Å². The Kier molecular flexibility index (Phi) is 3.43. The van der Waals surface area contributed by atoms with Crippen molar-refractivity contribution in [1.29, 1.82) is 0 Å². The highest BCUT2D eigenvalue weighted by atomic mass is 35.5. The lowest BCUT2D eigenvalue weighted by atomic mass is 10.4. The van der Waals surface area contributed by atoms with Crippen LogP contribution in [0.4, 0.5) is 0 Å². The number of fused-ring (bicyclic) bond motifs is 1. The summed E-state index contributed by atoms with van der Waals surface area (Å²) in [5, 5.41) is 3.78. The molecular weight excluding hydrogens is 242 g/mol. The molecule has 0 aliphatic heterocycles. The van der Waals surface area contributed by atoms with Crippen molar-refractivity contribution in [2.24, 2.45) is 5.16 Å². The molecule has 0 spiro atoms. The molecule has 1 unspecified atom stereocenters. The monoisotopic (exact) mass is 253 g/mol. The normalized spacial score (nSPS) is 13.9. The summed E-state index contributed by atoms with van der Waals surface area (Å²) in [6.45, 7) is 3.66. The van der Waals surface area contributed by atoms with Gasteiger partial charge in [0.15, 0.2) is 5.52 Å². The summed E-state index contributed by atoms with van der Waals surface area (Å²) < 4.78 is 1.80. The van der Waals surface area contributed by atoms with Crippen LogP contribution >= 0.6 is 11.6 Å². The summed E-state index contributed by atoms with van der Waals surface area (Å²) >= 11 is 6.21. The van der Waals surface area contributed by atoms with Gasteiger partial charge in [-0.25, -0.2) is 9.97 Å². The summed E-state index contributed by atoms with van der Waals surface area (Å²) in [6.07, 6.45) is 5.56. The first-order valence-electron chi connectivity index (χ1n) is 5.00. The molecule has 7 heteroatoms. The van der Waals surface area contributed by atoms with Crippen molar-refractivity contribution in [2.45, 2.75) is 11.9 Å². The predicted octanol–water partition coefficient (Wildman–Crippen LogP) is 1.53. The van der Waals surface area contributed by atoms with Crippen molar-refractivity contribution in [2.75, 3.05) is 7.11 Å². The first-order valence-corrected chi connectivity index (χ1v) is 5.44. The van der Waals surface area contributed by atoms with Crippen LogP contribution in [0.3, 0.4) is 0 Å². The van der Waals surface area contributed by atoms with E-state index in [9.17, 15) is 0 Å². The molecule has 0 fully saturated rings. The molecule has 2 rings (SSSR count). The van der Waals surface area contributed by atoms with Gasteiger partial charge in [-0.3, -0.25) is 4.57 Å². The molecule has 1 atom stereocenters.